The fourth-order valence-corrected chi connectivity index (χ4v) is 2.73. The van der Waals surface area contributed by atoms with Crippen molar-refractivity contribution in [1.29, 1.82) is 0 Å². The molecule has 3 N–H and O–H groups in total. The number of hydrogen-bond acceptors (Lipinski definition) is 5. The molecule has 0 bridgehead atoms. The van der Waals surface area contributed by atoms with Crippen molar-refractivity contribution in [2.45, 2.75) is 44.8 Å². The molecule has 1 aliphatic rings. The first-order valence-corrected chi connectivity index (χ1v) is 6.30. The molecule has 1 fully saturated rings. The topological polar surface area (TPSA) is 89.8 Å². The van der Waals surface area contributed by atoms with Crippen molar-refractivity contribution in [1.82, 2.24) is 19.7 Å². The van der Waals surface area contributed by atoms with E-state index in [-0.39, 0.29) is 6.10 Å². The lowest BCUT2D eigenvalue weighted by atomic mass is 9.93. The van der Waals surface area contributed by atoms with Gasteiger partial charge in [0, 0.05) is 0 Å². The Balaban J connectivity index is 2.05. The summed E-state index contributed by atoms with van der Waals surface area (Å²) in [5.41, 5.74) is 7.55. The number of hydrogen-bond donors (Lipinski definition) is 2. The average molecular weight is 247 g/mol. The van der Waals surface area contributed by atoms with Crippen LogP contribution in [-0.2, 0) is 0 Å². The van der Waals surface area contributed by atoms with Gasteiger partial charge in [0.2, 0.25) is 0 Å². The van der Waals surface area contributed by atoms with Crippen LogP contribution in [-0.4, -0.2) is 31.0 Å². The molecule has 2 aromatic heterocycles. The first-order valence-electron chi connectivity index (χ1n) is 6.30. The van der Waals surface area contributed by atoms with Gasteiger partial charge in [0.05, 0.1) is 23.2 Å². The van der Waals surface area contributed by atoms with Crippen LogP contribution in [0, 0.1) is 6.92 Å². The zero-order valence-corrected chi connectivity index (χ0v) is 10.4. The van der Waals surface area contributed by atoms with E-state index < -0.39 is 0 Å². The van der Waals surface area contributed by atoms with Crippen LogP contribution in [0.25, 0.3) is 11.0 Å². The number of fused-ring (bicyclic) bond motifs is 1. The van der Waals surface area contributed by atoms with Gasteiger partial charge in [-0.25, -0.2) is 14.6 Å². The molecule has 18 heavy (non-hydrogen) atoms. The van der Waals surface area contributed by atoms with E-state index in [1.165, 1.54) is 6.33 Å². The maximum Gasteiger partial charge on any atom is 0.163 e. The molecule has 0 radical (unpaired) electrons. The molecule has 0 aliphatic heterocycles. The molecular weight excluding hydrogens is 230 g/mol. The van der Waals surface area contributed by atoms with Crippen LogP contribution in [0.3, 0.4) is 0 Å². The second-order valence-corrected chi connectivity index (χ2v) is 4.95. The van der Waals surface area contributed by atoms with Gasteiger partial charge in [-0.1, -0.05) is 0 Å². The first kappa shape index (κ1) is 11.4. The van der Waals surface area contributed by atoms with Gasteiger partial charge < -0.3 is 10.8 Å². The number of aliphatic hydroxyl groups is 1. The second-order valence-electron chi connectivity index (χ2n) is 4.95. The van der Waals surface area contributed by atoms with Crippen molar-refractivity contribution in [3.8, 4) is 0 Å². The number of aromatic nitrogens is 4. The number of aliphatic hydroxyl groups excluding tert-OH is 1. The molecule has 0 spiro atoms. The van der Waals surface area contributed by atoms with Crippen molar-refractivity contribution in [2.24, 2.45) is 0 Å². The number of nitrogen functional groups attached to an aromatic ring is 1. The highest BCUT2D eigenvalue weighted by Gasteiger charge is 2.24. The Hall–Kier alpha value is -1.69. The number of aryl methyl sites for hydroxylation is 1. The SMILES string of the molecule is Cc1nn(C2CCC(O)CC2)c2ncnc(N)c12. The molecule has 0 amide bonds. The van der Waals surface area contributed by atoms with E-state index in [0.717, 1.165) is 42.4 Å². The van der Waals surface area contributed by atoms with Crippen LogP contribution in [0.15, 0.2) is 6.33 Å². The Bertz CT molecular complexity index is 571. The first-order chi connectivity index (χ1) is 8.66. The smallest absolute Gasteiger partial charge is 0.163 e. The summed E-state index contributed by atoms with van der Waals surface area (Å²) < 4.78 is 1.95. The average Bonchev–Trinajstić information content (AvgIpc) is 2.69. The molecule has 0 unspecified atom stereocenters. The number of nitrogens with two attached hydrogens (primary N) is 1. The predicted octanol–water partition coefficient (Wildman–Crippen LogP) is 1.19. The summed E-state index contributed by atoms with van der Waals surface area (Å²) in [6, 6.07) is 0.305. The molecular formula is C12H17N5O. The highest BCUT2D eigenvalue weighted by atomic mass is 16.3. The Morgan fingerprint density at radius 2 is 2.00 bits per heavy atom. The molecule has 1 aliphatic carbocycles. The minimum atomic E-state index is -0.163. The lowest BCUT2D eigenvalue weighted by Crippen LogP contribution is -2.22. The van der Waals surface area contributed by atoms with Crippen molar-refractivity contribution in [2.75, 3.05) is 5.73 Å². The Morgan fingerprint density at radius 1 is 1.28 bits per heavy atom. The number of anilines is 1. The van der Waals surface area contributed by atoms with Crippen LogP contribution in [0.1, 0.15) is 37.4 Å². The van der Waals surface area contributed by atoms with E-state index in [1.54, 1.807) is 0 Å². The second kappa shape index (κ2) is 4.20. The summed E-state index contributed by atoms with van der Waals surface area (Å²) in [4.78, 5) is 8.32. The standard InChI is InChI=1S/C12H17N5O/c1-7-10-11(13)14-6-15-12(10)17(16-7)8-2-4-9(18)5-3-8/h6,8-9,18H,2-5H2,1H3,(H2,13,14,15). The van der Waals surface area contributed by atoms with E-state index in [0.29, 0.717) is 11.9 Å². The van der Waals surface area contributed by atoms with Gasteiger partial charge in [0.1, 0.15) is 12.1 Å². The minimum absolute atomic E-state index is 0.163. The lowest BCUT2D eigenvalue weighted by Gasteiger charge is -2.25. The lowest BCUT2D eigenvalue weighted by molar-refractivity contribution is 0.109. The van der Waals surface area contributed by atoms with Gasteiger partial charge in [-0.2, -0.15) is 5.10 Å². The van der Waals surface area contributed by atoms with Gasteiger partial charge in [0.15, 0.2) is 5.65 Å². The maximum atomic E-state index is 9.56. The van der Waals surface area contributed by atoms with Crippen LogP contribution in [0.5, 0.6) is 0 Å². The van der Waals surface area contributed by atoms with Crippen LogP contribution < -0.4 is 5.73 Å². The summed E-state index contributed by atoms with van der Waals surface area (Å²) in [5, 5.41) is 15.0. The van der Waals surface area contributed by atoms with E-state index >= 15 is 0 Å². The summed E-state index contributed by atoms with van der Waals surface area (Å²) in [6.45, 7) is 1.93. The molecule has 0 saturated heterocycles. The van der Waals surface area contributed by atoms with Gasteiger partial charge in [-0.3, -0.25) is 0 Å². The summed E-state index contributed by atoms with van der Waals surface area (Å²) in [5.74, 6) is 0.486. The fourth-order valence-electron chi connectivity index (χ4n) is 2.73. The highest BCUT2D eigenvalue weighted by molar-refractivity contribution is 5.87. The summed E-state index contributed by atoms with van der Waals surface area (Å²) in [7, 11) is 0. The maximum absolute atomic E-state index is 9.56. The molecule has 6 nitrogen and oxygen atoms in total. The van der Waals surface area contributed by atoms with Crippen molar-refractivity contribution in [3.05, 3.63) is 12.0 Å². The third kappa shape index (κ3) is 1.73. The molecule has 6 heteroatoms. The van der Waals surface area contributed by atoms with Gasteiger partial charge in [-0.15, -0.1) is 0 Å². The van der Waals surface area contributed by atoms with Crippen molar-refractivity contribution >= 4 is 16.9 Å². The van der Waals surface area contributed by atoms with Crippen LogP contribution in [0.4, 0.5) is 5.82 Å². The van der Waals surface area contributed by atoms with E-state index in [2.05, 4.69) is 15.1 Å². The van der Waals surface area contributed by atoms with Crippen molar-refractivity contribution < 1.29 is 5.11 Å². The molecule has 0 aromatic carbocycles. The fraction of sp³-hybridized carbons (Fsp3) is 0.583. The molecule has 96 valence electrons. The predicted molar refractivity (Wildman–Crippen MR) is 68.0 cm³/mol. The van der Waals surface area contributed by atoms with E-state index in [1.807, 2.05) is 11.6 Å². The molecule has 3 rings (SSSR count). The van der Waals surface area contributed by atoms with Gasteiger partial charge in [-0.05, 0) is 32.6 Å². The van der Waals surface area contributed by atoms with E-state index in [4.69, 9.17) is 5.73 Å². The molecule has 2 heterocycles. The van der Waals surface area contributed by atoms with E-state index in [9.17, 15) is 5.11 Å². The highest BCUT2D eigenvalue weighted by Crippen LogP contribution is 2.31. The Morgan fingerprint density at radius 3 is 2.72 bits per heavy atom. The quantitative estimate of drug-likeness (QED) is 0.790. The number of rotatable bonds is 1. The Labute approximate surface area is 105 Å². The molecule has 2 aromatic rings. The minimum Gasteiger partial charge on any atom is -0.393 e. The zero-order valence-electron chi connectivity index (χ0n) is 10.4. The molecule has 0 atom stereocenters. The monoisotopic (exact) mass is 247 g/mol. The van der Waals surface area contributed by atoms with Crippen LogP contribution >= 0.6 is 0 Å². The zero-order chi connectivity index (χ0) is 12.7. The normalized spacial score (nSPS) is 24.6. The van der Waals surface area contributed by atoms with Gasteiger partial charge >= 0.3 is 0 Å². The largest absolute Gasteiger partial charge is 0.393 e. The summed E-state index contributed by atoms with van der Waals surface area (Å²) in [6.07, 6.45) is 4.83. The van der Waals surface area contributed by atoms with Crippen molar-refractivity contribution in [3.63, 3.8) is 0 Å². The summed E-state index contributed by atoms with van der Waals surface area (Å²) >= 11 is 0. The third-order valence-corrected chi connectivity index (χ3v) is 3.71. The Kier molecular flexibility index (Phi) is 2.66. The molecule has 1 saturated carbocycles. The van der Waals surface area contributed by atoms with Crippen LogP contribution in [0.2, 0.25) is 0 Å². The van der Waals surface area contributed by atoms with Gasteiger partial charge in [0.25, 0.3) is 0 Å². The number of nitrogens with zero attached hydrogens (tertiary/aromatic N) is 4. The third-order valence-electron chi connectivity index (χ3n) is 3.71.